The molecule has 18 heavy (non-hydrogen) atoms. The molecule has 0 radical (unpaired) electrons. The second-order valence-corrected chi connectivity index (χ2v) is 6.50. The molecule has 0 aliphatic rings. The van der Waals surface area contributed by atoms with Crippen LogP contribution in [0.25, 0.3) is 11.2 Å². The number of pyridine rings is 1. The molecule has 1 unspecified atom stereocenters. The van der Waals surface area contributed by atoms with Crippen LogP contribution in [0.1, 0.15) is 37.6 Å². The molecule has 0 amide bonds. The second kappa shape index (κ2) is 5.51. The fourth-order valence-electron chi connectivity index (χ4n) is 1.73. The summed E-state index contributed by atoms with van der Waals surface area (Å²) in [5, 5.41) is 0.308. The van der Waals surface area contributed by atoms with Gasteiger partial charge in [-0.3, -0.25) is 4.34 Å². The van der Waals surface area contributed by atoms with Crippen molar-refractivity contribution in [2.24, 2.45) is 0 Å². The molecule has 0 saturated carbocycles. The monoisotopic (exact) mass is 403 g/mol. The minimum absolute atomic E-state index is 0.109. The van der Waals surface area contributed by atoms with Gasteiger partial charge in [-0.05, 0) is 39.6 Å². The first-order valence-corrected chi connectivity index (χ1v) is 9.63. The van der Waals surface area contributed by atoms with Crippen molar-refractivity contribution < 1.29 is 8.78 Å². The zero-order chi connectivity index (χ0) is 13.4. The van der Waals surface area contributed by atoms with Crippen molar-refractivity contribution in [2.45, 2.75) is 26.2 Å². The smallest absolute Gasteiger partial charge is 0.279 e. The summed E-state index contributed by atoms with van der Waals surface area (Å²) in [6.07, 6.45) is -2.50. The van der Waals surface area contributed by atoms with Crippen LogP contribution in [0.2, 0.25) is 5.15 Å². The Bertz CT molecular complexity index is 588. The van der Waals surface area contributed by atoms with Crippen LogP contribution in [0.4, 0.5) is 8.78 Å². The van der Waals surface area contributed by atoms with Gasteiger partial charge >= 0.3 is 0 Å². The molecule has 0 aliphatic carbocycles. The Morgan fingerprint density at radius 1 is 1.39 bits per heavy atom. The molecule has 0 bridgehead atoms. The Hall–Kier alpha value is -0.0700. The Morgan fingerprint density at radius 2 is 2.06 bits per heavy atom. The zero-order valence-corrected chi connectivity index (χ0v) is 13.5. The highest BCUT2D eigenvalue weighted by atomic mass is 127. The summed E-state index contributed by atoms with van der Waals surface area (Å²) in [7, 11) is 0. The van der Waals surface area contributed by atoms with Crippen molar-refractivity contribution in [3.8, 4) is 0 Å². The van der Waals surface area contributed by atoms with Crippen LogP contribution in [-0.2, 0) is 0 Å². The van der Waals surface area contributed by atoms with Crippen LogP contribution >= 0.6 is 40.0 Å². The van der Waals surface area contributed by atoms with Gasteiger partial charge in [0.25, 0.3) is 6.43 Å². The first kappa shape index (κ1) is 14.3. The zero-order valence-electron chi connectivity index (χ0n) is 9.59. The van der Waals surface area contributed by atoms with E-state index in [1.807, 2.05) is 35.9 Å². The molecule has 2 aromatic rings. The van der Waals surface area contributed by atoms with Crippen LogP contribution in [0.3, 0.4) is 0 Å². The third-order valence-electron chi connectivity index (χ3n) is 2.54. The maximum atomic E-state index is 12.9. The molecule has 0 aliphatic heterocycles. The van der Waals surface area contributed by atoms with Gasteiger partial charge in [-0.1, -0.05) is 25.4 Å². The Labute approximate surface area is 123 Å². The highest BCUT2D eigenvalue weighted by Crippen LogP contribution is 2.37. The second-order valence-electron chi connectivity index (χ2n) is 4.05. The van der Waals surface area contributed by atoms with E-state index >= 15 is 0 Å². The molecule has 0 saturated heterocycles. The SMILES string of the molecule is CC(C)c1cc(Cl)nc2c1nc(C(F)F)n2PI. The molecule has 1 atom stereocenters. The fourth-order valence-corrected chi connectivity index (χ4v) is 3.82. The van der Waals surface area contributed by atoms with Crippen molar-refractivity contribution in [1.82, 2.24) is 14.3 Å². The number of nitrogens with zero attached hydrogens (tertiary/aromatic N) is 3. The maximum absolute atomic E-state index is 12.9. The summed E-state index contributed by atoms with van der Waals surface area (Å²) < 4.78 is 27.3. The third-order valence-corrected chi connectivity index (χ3v) is 4.79. The van der Waals surface area contributed by atoms with Crippen LogP contribution in [-0.4, -0.2) is 14.3 Å². The van der Waals surface area contributed by atoms with E-state index < -0.39 is 6.43 Å². The molecule has 2 heterocycles. The van der Waals surface area contributed by atoms with Gasteiger partial charge in [-0.15, -0.1) is 0 Å². The molecule has 0 aromatic carbocycles. The lowest BCUT2D eigenvalue weighted by atomic mass is 10.0. The quantitative estimate of drug-likeness (QED) is 0.413. The van der Waals surface area contributed by atoms with Crippen molar-refractivity contribution in [3.63, 3.8) is 0 Å². The fraction of sp³-hybridized carbons (Fsp3) is 0.400. The van der Waals surface area contributed by atoms with E-state index in [4.69, 9.17) is 11.6 Å². The summed E-state index contributed by atoms with van der Waals surface area (Å²) in [4.78, 5) is 8.17. The van der Waals surface area contributed by atoms with Gasteiger partial charge in [-0.25, -0.2) is 18.7 Å². The first-order chi connectivity index (χ1) is 8.45. The molecular formula is C10H10ClF2IN3P. The van der Waals surface area contributed by atoms with Crippen molar-refractivity contribution in [2.75, 3.05) is 0 Å². The first-order valence-electron chi connectivity index (χ1n) is 5.19. The lowest BCUT2D eigenvalue weighted by Gasteiger charge is -2.07. The summed E-state index contributed by atoms with van der Waals surface area (Å²) in [6.45, 7) is 3.94. The molecule has 0 spiro atoms. The van der Waals surface area contributed by atoms with E-state index in [1.54, 1.807) is 6.07 Å². The summed E-state index contributed by atoms with van der Waals surface area (Å²) in [6, 6.07) is 1.69. The van der Waals surface area contributed by atoms with E-state index in [-0.39, 0.29) is 18.1 Å². The number of hydrogen-bond acceptors (Lipinski definition) is 2. The van der Waals surface area contributed by atoms with Gasteiger partial charge < -0.3 is 0 Å². The van der Waals surface area contributed by atoms with Gasteiger partial charge in [0.05, 0.1) is 6.37 Å². The largest absolute Gasteiger partial charge is 0.295 e. The topological polar surface area (TPSA) is 30.7 Å². The van der Waals surface area contributed by atoms with Crippen LogP contribution in [0, 0.1) is 0 Å². The average Bonchev–Trinajstić information content (AvgIpc) is 2.65. The molecule has 0 N–H and O–H groups in total. The number of fused-ring (bicyclic) bond motifs is 1. The number of alkyl halides is 2. The maximum Gasteiger partial charge on any atom is 0.295 e. The van der Waals surface area contributed by atoms with Gasteiger partial charge in [0.2, 0.25) is 0 Å². The van der Waals surface area contributed by atoms with Crippen LogP contribution in [0.15, 0.2) is 6.07 Å². The van der Waals surface area contributed by atoms with Crippen LogP contribution in [0.5, 0.6) is 0 Å². The Morgan fingerprint density at radius 3 is 2.56 bits per heavy atom. The number of rotatable bonds is 3. The number of aromatic nitrogens is 3. The van der Waals surface area contributed by atoms with E-state index in [0.29, 0.717) is 16.3 Å². The molecule has 0 fully saturated rings. The van der Waals surface area contributed by atoms with Crippen LogP contribution < -0.4 is 0 Å². The Kier molecular flexibility index (Phi) is 4.39. The standard InChI is InChI=1S/C10H10ClF2IN3P/c1-4(2)5-3-6(11)15-9-7(5)16-10(8(12)13)17(9)18-14/h3-4,8,18H,1-2H3. The van der Waals surface area contributed by atoms with E-state index in [2.05, 4.69) is 9.97 Å². The molecule has 2 aromatic heterocycles. The Balaban J connectivity index is 2.82. The average molecular weight is 404 g/mol. The summed E-state index contributed by atoms with van der Waals surface area (Å²) in [5.74, 6) is -0.0891. The van der Waals surface area contributed by atoms with Gasteiger partial charge in [0.1, 0.15) is 10.7 Å². The lowest BCUT2D eigenvalue weighted by molar-refractivity contribution is 0.140. The van der Waals surface area contributed by atoms with Gasteiger partial charge in [0, 0.05) is 0 Å². The normalized spacial score (nSPS) is 12.7. The van der Waals surface area contributed by atoms with E-state index in [9.17, 15) is 8.78 Å². The van der Waals surface area contributed by atoms with E-state index in [0.717, 1.165) is 5.56 Å². The third kappa shape index (κ3) is 2.47. The predicted octanol–water partition coefficient (Wildman–Crippen LogP) is 4.94. The lowest BCUT2D eigenvalue weighted by Crippen LogP contribution is -1.94. The van der Waals surface area contributed by atoms with Crippen molar-refractivity contribution >= 4 is 51.2 Å². The minimum atomic E-state index is -2.61. The predicted molar refractivity (Wildman–Crippen MR) is 79.3 cm³/mol. The highest BCUT2D eigenvalue weighted by Gasteiger charge is 2.22. The van der Waals surface area contributed by atoms with Gasteiger partial charge in [0.15, 0.2) is 11.5 Å². The van der Waals surface area contributed by atoms with Crippen molar-refractivity contribution in [3.05, 3.63) is 22.6 Å². The molecule has 2 rings (SSSR count). The number of hydrogen-bond donors (Lipinski definition) is 0. The molecule has 8 heteroatoms. The summed E-state index contributed by atoms with van der Waals surface area (Å²) in [5.41, 5.74) is 1.81. The number of halogens is 4. The minimum Gasteiger partial charge on any atom is -0.279 e. The van der Waals surface area contributed by atoms with E-state index in [1.165, 1.54) is 4.34 Å². The molecule has 98 valence electrons. The molecular weight excluding hydrogens is 393 g/mol. The highest BCUT2D eigenvalue weighted by molar-refractivity contribution is 14.2. The molecule has 3 nitrogen and oxygen atoms in total. The van der Waals surface area contributed by atoms with Gasteiger partial charge in [-0.2, -0.15) is 0 Å². The summed E-state index contributed by atoms with van der Waals surface area (Å²) >= 11 is 7.98. The van der Waals surface area contributed by atoms with Crippen molar-refractivity contribution in [1.29, 1.82) is 0 Å². The number of imidazole rings is 1.